The molecule has 4 heterocycles. The number of nitrogens with zero attached hydrogens (tertiary/aromatic N) is 5. The fraction of sp³-hybridized carbons (Fsp3) is 0.368. The topological polar surface area (TPSA) is 67.9 Å². The van der Waals surface area contributed by atoms with Gasteiger partial charge in [-0.05, 0) is 25.8 Å². The monoisotopic (exact) mass is 335 g/mol. The van der Waals surface area contributed by atoms with Gasteiger partial charge in [0.05, 0.1) is 23.8 Å². The van der Waals surface area contributed by atoms with Crippen molar-refractivity contribution in [3.8, 4) is 22.5 Å². The second kappa shape index (κ2) is 7.01. The van der Waals surface area contributed by atoms with Gasteiger partial charge in [0, 0.05) is 42.8 Å². The van der Waals surface area contributed by atoms with E-state index in [9.17, 15) is 0 Å². The molecular formula is C19H21N5O. The molecule has 0 radical (unpaired) electrons. The van der Waals surface area contributed by atoms with Gasteiger partial charge >= 0.3 is 0 Å². The fourth-order valence-corrected chi connectivity index (χ4v) is 3.26. The SMILES string of the molecule is Cc1occc1-c1nc(N2CCCCCC2)ncc1-c1cnccn1. The lowest BCUT2D eigenvalue weighted by Gasteiger charge is -2.21. The van der Waals surface area contributed by atoms with Crippen LogP contribution in [0.3, 0.4) is 0 Å². The van der Waals surface area contributed by atoms with Gasteiger partial charge in [-0.3, -0.25) is 9.97 Å². The van der Waals surface area contributed by atoms with Gasteiger partial charge in [-0.15, -0.1) is 0 Å². The van der Waals surface area contributed by atoms with Crippen LogP contribution in [0.2, 0.25) is 0 Å². The van der Waals surface area contributed by atoms with Crippen molar-refractivity contribution in [2.24, 2.45) is 0 Å². The zero-order valence-electron chi connectivity index (χ0n) is 14.4. The molecule has 4 rings (SSSR count). The summed E-state index contributed by atoms with van der Waals surface area (Å²) in [5.74, 6) is 1.62. The molecule has 0 N–H and O–H groups in total. The summed E-state index contributed by atoms with van der Waals surface area (Å²) in [7, 11) is 0. The molecule has 1 saturated heterocycles. The van der Waals surface area contributed by atoms with E-state index in [0.29, 0.717) is 0 Å². The van der Waals surface area contributed by atoms with E-state index in [1.807, 2.05) is 19.2 Å². The summed E-state index contributed by atoms with van der Waals surface area (Å²) in [6, 6.07) is 1.95. The third kappa shape index (κ3) is 3.24. The molecule has 3 aromatic heterocycles. The Hall–Kier alpha value is -2.76. The Morgan fingerprint density at radius 1 is 0.960 bits per heavy atom. The van der Waals surface area contributed by atoms with Crippen molar-refractivity contribution in [1.82, 2.24) is 19.9 Å². The number of hydrogen-bond donors (Lipinski definition) is 0. The zero-order valence-corrected chi connectivity index (χ0v) is 14.4. The Labute approximate surface area is 147 Å². The van der Waals surface area contributed by atoms with Gasteiger partial charge < -0.3 is 9.32 Å². The Morgan fingerprint density at radius 3 is 2.48 bits per heavy atom. The molecule has 128 valence electrons. The second-order valence-corrected chi connectivity index (χ2v) is 6.31. The average Bonchev–Trinajstić information content (AvgIpc) is 2.92. The van der Waals surface area contributed by atoms with Gasteiger partial charge in [0.1, 0.15) is 5.76 Å². The predicted octanol–water partition coefficient (Wildman–Crippen LogP) is 3.88. The van der Waals surface area contributed by atoms with Gasteiger partial charge in [0.2, 0.25) is 5.95 Å². The highest BCUT2D eigenvalue weighted by molar-refractivity contribution is 5.79. The van der Waals surface area contributed by atoms with Gasteiger partial charge in [-0.1, -0.05) is 12.8 Å². The van der Waals surface area contributed by atoms with Crippen molar-refractivity contribution < 1.29 is 4.42 Å². The molecule has 0 atom stereocenters. The smallest absolute Gasteiger partial charge is 0.225 e. The molecule has 6 heteroatoms. The van der Waals surface area contributed by atoms with Crippen LogP contribution in [0.4, 0.5) is 5.95 Å². The Bertz CT molecular complexity index is 838. The van der Waals surface area contributed by atoms with Crippen molar-refractivity contribution in [2.75, 3.05) is 18.0 Å². The maximum atomic E-state index is 5.51. The molecule has 0 unspecified atom stereocenters. The van der Waals surface area contributed by atoms with Crippen molar-refractivity contribution in [2.45, 2.75) is 32.6 Å². The molecule has 0 spiro atoms. The highest BCUT2D eigenvalue weighted by atomic mass is 16.3. The van der Waals surface area contributed by atoms with Crippen LogP contribution in [0.5, 0.6) is 0 Å². The average molecular weight is 335 g/mol. The first-order chi connectivity index (χ1) is 12.3. The van der Waals surface area contributed by atoms with Crippen LogP contribution < -0.4 is 4.90 Å². The Morgan fingerprint density at radius 2 is 1.80 bits per heavy atom. The zero-order chi connectivity index (χ0) is 17.1. The quantitative estimate of drug-likeness (QED) is 0.723. The molecule has 1 aliphatic heterocycles. The van der Waals surface area contributed by atoms with E-state index in [-0.39, 0.29) is 0 Å². The Balaban J connectivity index is 1.81. The molecule has 0 aliphatic carbocycles. The third-order valence-corrected chi connectivity index (χ3v) is 4.62. The Kier molecular flexibility index (Phi) is 4.41. The highest BCUT2D eigenvalue weighted by Gasteiger charge is 2.19. The van der Waals surface area contributed by atoms with Gasteiger partial charge in [-0.2, -0.15) is 0 Å². The number of aromatic nitrogens is 4. The van der Waals surface area contributed by atoms with Crippen LogP contribution >= 0.6 is 0 Å². The molecule has 6 nitrogen and oxygen atoms in total. The van der Waals surface area contributed by atoms with Gasteiger partial charge in [-0.25, -0.2) is 9.97 Å². The first-order valence-corrected chi connectivity index (χ1v) is 8.76. The summed E-state index contributed by atoms with van der Waals surface area (Å²) in [6.45, 7) is 3.96. The number of hydrogen-bond acceptors (Lipinski definition) is 6. The minimum atomic E-state index is 0.764. The summed E-state index contributed by atoms with van der Waals surface area (Å²) < 4.78 is 5.51. The van der Waals surface area contributed by atoms with E-state index in [4.69, 9.17) is 9.40 Å². The minimum Gasteiger partial charge on any atom is -0.469 e. The number of anilines is 1. The predicted molar refractivity (Wildman–Crippen MR) is 96.2 cm³/mol. The van der Waals surface area contributed by atoms with E-state index in [2.05, 4.69) is 19.9 Å². The molecule has 0 amide bonds. The second-order valence-electron chi connectivity index (χ2n) is 6.31. The fourth-order valence-electron chi connectivity index (χ4n) is 3.26. The first kappa shape index (κ1) is 15.7. The van der Waals surface area contributed by atoms with Crippen molar-refractivity contribution in [3.63, 3.8) is 0 Å². The number of aryl methyl sites for hydroxylation is 1. The molecular weight excluding hydrogens is 314 g/mol. The van der Waals surface area contributed by atoms with Crippen LogP contribution in [0, 0.1) is 6.92 Å². The van der Waals surface area contributed by atoms with E-state index in [1.165, 1.54) is 25.7 Å². The standard InChI is InChI=1S/C19H21N5O/c1-14-15(6-11-25-14)18-16(17-13-20-7-8-21-17)12-22-19(23-18)24-9-4-2-3-5-10-24/h6-8,11-13H,2-5,9-10H2,1H3. The maximum absolute atomic E-state index is 5.51. The van der Waals surface area contributed by atoms with Crippen LogP contribution in [-0.4, -0.2) is 33.0 Å². The maximum Gasteiger partial charge on any atom is 0.225 e. The summed E-state index contributed by atoms with van der Waals surface area (Å²) in [5, 5.41) is 0. The normalized spacial score (nSPS) is 15.2. The largest absolute Gasteiger partial charge is 0.469 e. The number of rotatable bonds is 3. The highest BCUT2D eigenvalue weighted by Crippen LogP contribution is 2.32. The van der Waals surface area contributed by atoms with Gasteiger partial charge in [0.15, 0.2) is 0 Å². The molecule has 25 heavy (non-hydrogen) atoms. The minimum absolute atomic E-state index is 0.764. The summed E-state index contributed by atoms with van der Waals surface area (Å²) >= 11 is 0. The summed E-state index contributed by atoms with van der Waals surface area (Å²) in [5.41, 5.74) is 3.46. The molecule has 0 aromatic carbocycles. The van der Waals surface area contributed by atoms with E-state index >= 15 is 0 Å². The van der Waals surface area contributed by atoms with Gasteiger partial charge in [0.25, 0.3) is 0 Å². The lowest BCUT2D eigenvalue weighted by atomic mass is 10.1. The molecule has 1 aliphatic rings. The molecule has 0 saturated carbocycles. The van der Waals surface area contributed by atoms with E-state index < -0.39 is 0 Å². The number of furan rings is 1. The molecule has 1 fully saturated rings. The summed E-state index contributed by atoms with van der Waals surface area (Å²) in [6.07, 6.45) is 13.6. The van der Waals surface area contributed by atoms with Crippen LogP contribution in [-0.2, 0) is 0 Å². The third-order valence-electron chi connectivity index (χ3n) is 4.62. The summed E-state index contributed by atoms with van der Waals surface area (Å²) in [4.78, 5) is 20.4. The van der Waals surface area contributed by atoms with Crippen LogP contribution in [0.15, 0.2) is 41.5 Å². The van der Waals surface area contributed by atoms with Crippen LogP contribution in [0.1, 0.15) is 31.4 Å². The first-order valence-electron chi connectivity index (χ1n) is 8.76. The van der Waals surface area contributed by atoms with E-state index in [1.54, 1.807) is 24.9 Å². The lowest BCUT2D eigenvalue weighted by Crippen LogP contribution is -2.26. The lowest BCUT2D eigenvalue weighted by molar-refractivity contribution is 0.535. The molecule has 0 bridgehead atoms. The van der Waals surface area contributed by atoms with Crippen molar-refractivity contribution in [3.05, 3.63) is 42.9 Å². The van der Waals surface area contributed by atoms with E-state index in [0.717, 1.165) is 47.3 Å². The van der Waals surface area contributed by atoms with Crippen molar-refractivity contribution >= 4 is 5.95 Å². The van der Waals surface area contributed by atoms with Crippen LogP contribution in [0.25, 0.3) is 22.5 Å². The molecule has 3 aromatic rings. The van der Waals surface area contributed by atoms with Crippen molar-refractivity contribution in [1.29, 1.82) is 0 Å².